The van der Waals surface area contributed by atoms with Gasteiger partial charge in [-0.25, -0.2) is 0 Å². The van der Waals surface area contributed by atoms with Crippen molar-refractivity contribution < 1.29 is 9.90 Å². The molecule has 0 radical (unpaired) electrons. The van der Waals surface area contributed by atoms with Crippen molar-refractivity contribution in [3.05, 3.63) is 32.9 Å². The van der Waals surface area contributed by atoms with E-state index in [0.717, 1.165) is 22.1 Å². The van der Waals surface area contributed by atoms with Gasteiger partial charge in [0.25, 0.3) is 0 Å². The van der Waals surface area contributed by atoms with Crippen LogP contribution < -0.4 is 5.32 Å². The molecule has 0 bridgehead atoms. The van der Waals surface area contributed by atoms with Crippen LogP contribution >= 0.6 is 22.6 Å². The minimum atomic E-state index is -0.798. The Morgan fingerprint density at radius 1 is 1.57 bits per heavy atom. The first-order valence-corrected chi connectivity index (χ1v) is 5.51. The maximum Gasteiger partial charge on any atom is 0.325 e. The van der Waals surface area contributed by atoms with Gasteiger partial charge in [-0.2, -0.15) is 0 Å². The van der Waals surface area contributed by atoms with Crippen LogP contribution in [-0.2, 0) is 11.2 Å². The third-order valence-electron chi connectivity index (χ3n) is 2.44. The number of carboxylic acid groups (broad SMARTS) is 1. The van der Waals surface area contributed by atoms with E-state index in [9.17, 15) is 4.79 Å². The second kappa shape index (κ2) is 3.86. The van der Waals surface area contributed by atoms with E-state index in [1.165, 1.54) is 5.56 Å². The number of halogens is 1. The number of hydrogen-bond acceptors (Lipinski definition) is 2. The van der Waals surface area contributed by atoms with Crippen LogP contribution in [0.4, 0.5) is 0 Å². The minimum absolute atomic E-state index is 0.534. The largest absolute Gasteiger partial charge is 0.480 e. The molecule has 1 aromatic carbocycles. The van der Waals surface area contributed by atoms with Gasteiger partial charge < -0.3 is 10.4 Å². The van der Waals surface area contributed by atoms with Crippen molar-refractivity contribution in [2.75, 3.05) is 6.54 Å². The summed E-state index contributed by atoms with van der Waals surface area (Å²) in [5, 5.41) is 12.0. The van der Waals surface area contributed by atoms with E-state index in [0.29, 0.717) is 0 Å². The van der Waals surface area contributed by atoms with Gasteiger partial charge in [0, 0.05) is 10.1 Å². The van der Waals surface area contributed by atoms with Gasteiger partial charge in [0.2, 0.25) is 0 Å². The lowest BCUT2D eigenvalue weighted by molar-refractivity contribution is -0.139. The third-order valence-corrected chi connectivity index (χ3v) is 3.45. The predicted molar refractivity (Wildman–Crippen MR) is 61.2 cm³/mol. The molecular formula is C10H10INO2. The van der Waals surface area contributed by atoms with Crippen molar-refractivity contribution in [1.29, 1.82) is 0 Å². The highest BCUT2D eigenvalue weighted by molar-refractivity contribution is 14.1. The molecule has 0 amide bonds. The van der Waals surface area contributed by atoms with Gasteiger partial charge in [0.1, 0.15) is 6.04 Å². The second-order valence-corrected chi connectivity index (χ2v) is 4.45. The number of hydrogen-bond donors (Lipinski definition) is 2. The molecule has 0 unspecified atom stereocenters. The molecule has 0 saturated heterocycles. The average molecular weight is 303 g/mol. The van der Waals surface area contributed by atoms with E-state index in [1.807, 2.05) is 18.2 Å². The Bertz CT molecular complexity index is 378. The Labute approximate surface area is 95.7 Å². The molecule has 1 aliphatic rings. The number of carbonyl (C=O) groups is 1. The van der Waals surface area contributed by atoms with Gasteiger partial charge >= 0.3 is 5.97 Å². The quantitative estimate of drug-likeness (QED) is 0.774. The van der Waals surface area contributed by atoms with Crippen molar-refractivity contribution in [2.24, 2.45) is 0 Å². The second-order valence-electron chi connectivity index (χ2n) is 3.28. The lowest BCUT2D eigenvalue weighted by Crippen LogP contribution is -2.35. The van der Waals surface area contributed by atoms with Crippen molar-refractivity contribution in [3.8, 4) is 0 Å². The Kier molecular flexibility index (Phi) is 2.73. The molecule has 3 nitrogen and oxygen atoms in total. The molecule has 4 heteroatoms. The first kappa shape index (κ1) is 9.92. The van der Waals surface area contributed by atoms with Crippen molar-refractivity contribution in [2.45, 2.75) is 12.5 Å². The summed E-state index contributed by atoms with van der Waals surface area (Å²) in [5.41, 5.74) is 2.09. The molecule has 14 heavy (non-hydrogen) atoms. The van der Waals surface area contributed by atoms with Crippen LogP contribution in [0.15, 0.2) is 18.2 Å². The highest BCUT2D eigenvalue weighted by atomic mass is 127. The van der Waals surface area contributed by atoms with E-state index in [4.69, 9.17) is 5.11 Å². The molecule has 1 atom stereocenters. The van der Waals surface area contributed by atoms with Gasteiger partial charge in [0.05, 0.1) is 0 Å². The fourth-order valence-corrected chi connectivity index (χ4v) is 2.57. The fraction of sp³-hybridized carbons (Fsp3) is 0.300. The maximum atomic E-state index is 11.0. The zero-order chi connectivity index (χ0) is 10.1. The van der Waals surface area contributed by atoms with E-state index in [1.54, 1.807) is 0 Å². The summed E-state index contributed by atoms with van der Waals surface area (Å²) >= 11 is 2.26. The van der Waals surface area contributed by atoms with Crippen LogP contribution in [0, 0.1) is 3.57 Å². The van der Waals surface area contributed by atoms with Gasteiger partial charge in [-0.3, -0.25) is 4.79 Å². The highest BCUT2D eigenvalue weighted by Crippen LogP contribution is 2.26. The topological polar surface area (TPSA) is 49.3 Å². The molecule has 0 spiro atoms. The zero-order valence-corrected chi connectivity index (χ0v) is 9.61. The summed E-state index contributed by atoms with van der Waals surface area (Å²) in [6.45, 7) is 0.740. The van der Waals surface area contributed by atoms with E-state index in [2.05, 4.69) is 27.9 Å². The molecule has 1 aromatic rings. The molecule has 0 saturated carbocycles. The Morgan fingerprint density at radius 3 is 3.07 bits per heavy atom. The van der Waals surface area contributed by atoms with E-state index >= 15 is 0 Å². The number of rotatable bonds is 1. The Hall–Kier alpha value is -0.620. The lowest BCUT2D eigenvalue weighted by atomic mass is 9.94. The monoisotopic (exact) mass is 303 g/mol. The molecule has 1 heterocycles. The maximum absolute atomic E-state index is 11.0. The standard InChI is InChI=1S/C10H10INO2/c11-8-3-1-2-7-6(8)4-5-12-9(7)10(13)14/h1-3,9,12H,4-5H2,(H,13,14)/t9-/m0/s1. The molecule has 0 fully saturated rings. The van der Waals surface area contributed by atoms with Crippen LogP contribution in [0.1, 0.15) is 17.2 Å². The summed E-state index contributed by atoms with van der Waals surface area (Å²) in [6.07, 6.45) is 0.915. The first-order chi connectivity index (χ1) is 6.70. The third kappa shape index (κ3) is 1.64. The number of nitrogens with one attached hydrogen (secondary N) is 1. The van der Waals surface area contributed by atoms with Crippen molar-refractivity contribution in [1.82, 2.24) is 5.32 Å². The summed E-state index contributed by atoms with van der Waals surface area (Å²) in [4.78, 5) is 11.0. The number of aliphatic carboxylic acids is 1. The Balaban J connectivity index is 2.49. The van der Waals surface area contributed by atoms with Gasteiger partial charge in [0.15, 0.2) is 0 Å². The van der Waals surface area contributed by atoms with Crippen LogP contribution in [-0.4, -0.2) is 17.6 Å². The number of fused-ring (bicyclic) bond motifs is 1. The average Bonchev–Trinajstić information content (AvgIpc) is 2.17. The highest BCUT2D eigenvalue weighted by Gasteiger charge is 2.26. The zero-order valence-electron chi connectivity index (χ0n) is 7.46. The SMILES string of the molecule is O=C(O)[C@H]1NCCc2c(I)cccc21. The summed E-state index contributed by atoms with van der Waals surface area (Å²) in [6, 6.07) is 5.28. The smallest absolute Gasteiger partial charge is 0.325 e. The Morgan fingerprint density at radius 2 is 2.36 bits per heavy atom. The van der Waals surface area contributed by atoms with E-state index in [-0.39, 0.29) is 0 Å². The van der Waals surface area contributed by atoms with Crippen LogP contribution in [0.3, 0.4) is 0 Å². The van der Waals surface area contributed by atoms with E-state index < -0.39 is 12.0 Å². The van der Waals surface area contributed by atoms with Crippen LogP contribution in [0.2, 0.25) is 0 Å². The summed E-state index contributed by atoms with van der Waals surface area (Å²) in [7, 11) is 0. The minimum Gasteiger partial charge on any atom is -0.480 e. The van der Waals surface area contributed by atoms with Crippen molar-refractivity contribution >= 4 is 28.6 Å². The molecule has 2 N–H and O–H groups in total. The molecule has 74 valence electrons. The summed E-state index contributed by atoms with van der Waals surface area (Å²) < 4.78 is 1.16. The number of benzene rings is 1. The first-order valence-electron chi connectivity index (χ1n) is 4.43. The number of carboxylic acids is 1. The van der Waals surface area contributed by atoms with Gasteiger partial charge in [-0.05, 0) is 46.2 Å². The summed E-state index contributed by atoms with van der Waals surface area (Å²) in [5.74, 6) is -0.798. The predicted octanol–water partition coefficient (Wildman–Crippen LogP) is 1.56. The molecule has 2 rings (SSSR count). The fourth-order valence-electron chi connectivity index (χ4n) is 1.78. The molecule has 1 aliphatic heterocycles. The van der Waals surface area contributed by atoms with Gasteiger partial charge in [-0.15, -0.1) is 0 Å². The molecular weight excluding hydrogens is 293 g/mol. The normalized spacial score (nSPS) is 20.2. The van der Waals surface area contributed by atoms with Crippen LogP contribution in [0.25, 0.3) is 0 Å². The van der Waals surface area contributed by atoms with Crippen molar-refractivity contribution in [3.63, 3.8) is 0 Å². The lowest BCUT2D eigenvalue weighted by Gasteiger charge is -2.24. The van der Waals surface area contributed by atoms with Crippen LogP contribution in [0.5, 0.6) is 0 Å². The van der Waals surface area contributed by atoms with Gasteiger partial charge in [-0.1, -0.05) is 12.1 Å². The molecule has 0 aliphatic carbocycles. The molecule has 0 aromatic heterocycles.